The van der Waals surface area contributed by atoms with Gasteiger partial charge in [-0.15, -0.1) is 0 Å². The van der Waals surface area contributed by atoms with Crippen LogP contribution in [0, 0.1) is 32.5 Å². The minimum absolute atomic E-state index is 0. The first-order valence-corrected chi connectivity index (χ1v) is 43.8. The van der Waals surface area contributed by atoms with Crippen LogP contribution in [0.2, 0.25) is 0 Å². The molecule has 10 N–H and O–H groups in total. The van der Waals surface area contributed by atoms with Crippen molar-refractivity contribution in [2.75, 3.05) is 0 Å². The first-order valence-electron chi connectivity index (χ1n) is 37.3. The van der Waals surface area contributed by atoms with Gasteiger partial charge in [-0.05, 0) is 224 Å². The zero-order chi connectivity index (χ0) is 95.0. The lowest BCUT2D eigenvalue weighted by Gasteiger charge is -2.29. The molecular weight excluding hydrogens is 1550 g/mol. The number of carbonyl (C=O) groups is 7. The number of nitrogens with two attached hydrogens (primary N) is 4. The molecule has 113 heavy (non-hydrogen) atoms. The third-order valence-electron chi connectivity index (χ3n) is 9.80. The van der Waals surface area contributed by atoms with Crippen molar-refractivity contribution < 1.29 is 60.0 Å². The van der Waals surface area contributed by atoms with E-state index in [4.69, 9.17) is 34.0 Å². The summed E-state index contributed by atoms with van der Waals surface area (Å²) in [5, 5.41) is 3.93. The van der Waals surface area contributed by atoms with E-state index in [0.717, 1.165) is 16.7 Å². The first kappa shape index (κ1) is 138. The van der Waals surface area contributed by atoms with E-state index >= 15 is 0 Å². The van der Waals surface area contributed by atoms with Crippen molar-refractivity contribution >= 4 is 116 Å². The summed E-state index contributed by atoms with van der Waals surface area (Å²) in [5.74, 6) is 15.0. The van der Waals surface area contributed by atoms with E-state index in [2.05, 4.69) is 145 Å². The van der Waals surface area contributed by atoms with Gasteiger partial charge in [0.15, 0.2) is 9.84 Å². The van der Waals surface area contributed by atoms with E-state index < -0.39 is 34.4 Å². The third kappa shape index (κ3) is 150. The number of isothiocyanates is 1. The number of ketones is 3. The second kappa shape index (κ2) is 62.9. The van der Waals surface area contributed by atoms with Crippen molar-refractivity contribution in [2.45, 2.75) is 405 Å². The number of aldehydes is 1. The average Bonchev–Trinajstić information content (AvgIpc) is 1.73. The maximum atomic E-state index is 11.0. The molecule has 3 amide bonds. The van der Waals surface area contributed by atoms with Crippen molar-refractivity contribution in [1.82, 2.24) is 20.7 Å². The molecule has 0 atom stereocenters. The quantitative estimate of drug-likeness (QED) is 0.0141. The summed E-state index contributed by atoms with van der Waals surface area (Å²) >= 11 is 4.38. The monoisotopic (exact) mass is 1720 g/mol. The second-order valence-electron chi connectivity index (χ2n) is 41.1. The largest absolute Gasteiger partial charge is 0.326 e. The highest BCUT2D eigenvalue weighted by molar-refractivity contribution is 8.77. The standard InChI is InChI=1S/C9H13NS2.C8H11NO2.C8H16O.C7H14O.C6H12O2S.C6H12O.C5H12N2O.C5H9NO.C5H9NS.C5H10O.C5H12.C4H12N2.C4H11NO.C4H11N.C3H7ClO2S/c1-9(2,3)12-11-8-6-4-5-7-10-8;1-8(2,3)9-6(10)4-5-7(9)11;1-5-7(9)6-8(2,3)4;1-6(8)5-7(2,3)4;1-5-9(7,8)6(2,3)4;1-5(7)6(2,3)4;1-5(2,3)4(8)7-6;2*1-5(2,3)6-4-7;1-5(2,3)4-6;1-5(2,3)4;2*1-4(2,3)6-5;1-4(2,3)5;1-3(2)7(4,5)6/h4-7H,1-3H3;4-5H,1-3H3;5-6H2,1-4H3;5H2,1-4H3;5H,1H2,2-4H3;1-4H3;6H2,1-3H3,(H,7,8);2*1-3H3;4H,1-3H3;1-4H3;6H,5H2,1-3H3;5H2,1-3H3;5H2,1-3H3;3H,1-2H3. The van der Waals surface area contributed by atoms with Gasteiger partial charge in [-0.25, -0.2) is 48.3 Å². The van der Waals surface area contributed by atoms with Crippen LogP contribution in [0.3, 0.4) is 0 Å². The SMILES string of the molecule is C=CS(=O)(=O)C(C)(C)C.CC(=O)C(C)(C)C.CC(=O)CC(C)(C)C.CC(C)(C)C.CC(C)(C)C(=O)NN.CC(C)(C)C=O.CC(C)(C)N.CC(C)(C)N1C(=O)C=CC1=O.CC(C)(C)N=C=O.CC(C)(C)N=C=S.CC(C)(C)NN.CC(C)(C)ON.CC(C)(C)SSc1ccccn1.CC(C)S(=O)(=O)Cl.CCC(=O)CC(C)(C)C. The topological polar surface area (TPSA) is 383 Å². The van der Waals surface area contributed by atoms with Crippen LogP contribution in [0.4, 0.5) is 0 Å². The van der Waals surface area contributed by atoms with Gasteiger partial charge < -0.3 is 15.3 Å². The number of isocyanates is 1. The fourth-order valence-corrected chi connectivity index (χ4v) is 6.48. The highest BCUT2D eigenvalue weighted by Crippen LogP contribution is 2.39. The summed E-state index contributed by atoms with van der Waals surface area (Å²) in [6.45, 7) is 95.5. The number of aliphatic imine (C=N–C) groups is 2. The predicted molar refractivity (Wildman–Crippen MR) is 492 cm³/mol. The Balaban J connectivity index is -0.0000000868. The number of aromatic nitrogens is 1. The van der Waals surface area contributed by atoms with E-state index in [9.17, 15) is 55.2 Å². The predicted octanol–water partition coefficient (Wildman–Crippen LogP) is 20.7. The number of carbonyl (C=O) groups excluding carboxylic acids is 8. The molecule has 0 fully saturated rings. The number of Topliss-reactive ketones (excluding diaryl/α,β-unsaturated/α-hetero) is 3. The average molecular weight is 1730 g/mol. The Hall–Kier alpha value is -4.25. The molecule has 2 rings (SSSR count). The molecule has 23 nitrogen and oxygen atoms in total. The summed E-state index contributed by atoms with van der Waals surface area (Å²) in [6.07, 6.45) is 8.92. The molecule has 0 saturated carbocycles. The minimum atomic E-state index is -3.27. The van der Waals surface area contributed by atoms with Crippen LogP contribution < -0.4 is 34.2 Å². The summed E-state index contributed by atoms with van der Waals surface area (Å²) in [7, 11) is 2.07. The van der Waals surface area contributed by atoms with Gasteiger partial charge in [-0.3, -0.25) is 50.4 Å². The van der Waals surface area contributed by atoms with Crippen LogP contribution in [-0.2, 0) is 62.1 Å². The molecule has 29 heteroatoms. The van der Waals surface area contributed by atoms with E-state index in [1.54, 1.807) is 66.2 Å². The molecule has 2 heterocycles. The van der Waals surface area contributed by atoms with Crippen molar-refractivity contribution in [1.29, 1.82) is 0 Å². The number of pyridine rings is 1. The molecule has 0 aliphatic carbocycles. The Bertz CT molecular complexity index is 3010. The van der Waals surface area contributed by atoms with Crippen LogP contribution in [0.1, 0.15) is 352 Å². The number of halogens is 1. The maximum absolute atomic E-state index is 11.0. The number of hydrazine groups is 2. The fraction of sp³-hybridized carbons (Fsp3) is 0.786. The first-order chi connectivity index (χ1) is 48.9. The van der Waals surface area contributed by atoms with Crippen LogP contribution >= 0.6 is 44.5 Å². The van der Waals surface area contributed by atoms with Crippen LogP contribution in [0.25, 0.3) is 0 Å². The van der Waals surface area contributed by atoms with Gasteiger partial charge in [-0.2, -0.15) is 0 Å². The fourth-order valence-electron chi connectivity index (χ4n) is 3.83. The molecule has 0 radical (unpaired) electrons. The lowest BCUT2D eigenvalue weighted by Crippen LogP contribution is -2.45. The number of amides is 3. The van der Waals surface area contributed by atoms with Gasteiger partial charge in [0.25, 0.3) is 11.8 Å². The van der Waals surface area contributed by atoms with Gasteiger partial charge >= 0.3 is 0 Å². The minimum Gasteiger partial charge on any atom is -0.326 e. The van der Waals surface area contributed by atoms with Crippen molar-refractivity contribution in [2.24, 2.45) is 65.8 Å². The molecule has 0 aromatic carbocycles. The number of nitrogens with zero attached hydrogens (tertiary/aromatic N) is 4. The van der Waals surface area contributed by atoms with Gasteiger partial charge in [0, 0.05) is 91.3 Å². The third-order valence-corrected chi connectivity index (χ3v) is 17.5. The molecule has 672 valence electrons. The molecule has 0 saturated heterocycles. The van der Waals surface area contributed by atoms with Crippen molar-refractivity contribution in [3.63, 3.8) is 0 Å². The van der Waals surface area contributed by atoms with E-state index in [-0.39, 0.29) is 84.1 Å². The lowest BCUT2D eigenvalue weighted by atomic mass is 9.89. The lowest BCUT2D eigenvalue weighted by molar-refractivity contribution is -0.142. The highest BCUT2D eigenvalue weighted by atomic mass is 35.7. The number of sulfone groups is 1. The number of nitrogens with one attached hydrogen (secondary N) is 2. The van der Waals surface area contributed by atoms with E-state index in [0.29, 0.717) is 35.2 Å². The Kier molecular flexibility index (Phi) is 76.6. The van der Waals surface area contributed by atoms with Crippen LogP contribution in [0.5, 0.6) is 0 Å². The van der Waals surface area contributed by atoms with Gasteiger partial charge in [0.2, 0.25) is 21.0 Å². The van der Waals surface area contributed by atoms with Gasteiger partial charge in [0.05, 0.1) is 31.8 Å². The van der Waals surface area contributed by atoms with E-state index in [1.165, 1.54) is 37.0 Å². The summed E-state index contributed by atoms with van der Waals surface area (Å²) < 4.78 is 41.6. The van der Waals surface area contributed by atoms with Gasteiger partial charge in [-0.1, -0.05) is 183 Å². The zero-order valence-corrected chi connectivity index (χ0v) is 85.2. The molecule has 1 aliphatic rings. The number of rotatable bonds is 7. The second-order valence-corrected chi connectivity index (χ2v) is 50.1. The zero-order valence-electron chi connectivity index (χ0n) is 80.3. The molecule has 0 unspecified atom stereocenters. The Morgan fingerprint density at radius 1 is 0.655 bits per heavy atom. The smallest absolute Gasteiger partial charge is 0.254 e. The van der Waals surface area contributed by atoms with Crippen LogP contribution in [0.15, 0.2) is 63.5 Å². The number of hydrogen-bond acceptors (Lipinski definition) is 24. The molecule has 1 aliphatic heterocycles. The molecule has 1 aromatic heterocycles. The summed E-state index contributed by atoms with van der Waals surface area (Å²) in [5.41, 5.74) is 9.42. The van der Waals surface area contributed by atoms with Gasteiger partial charge in [0.1, 0.15) is 28.7 Å². The van der Waals surface area contributed by atoms with Crippen molar-refractivity contribution in [3.8, 4) is 0 Å². The van der Waals surface area contributed by atoms with Crippen LogP contribution in [-0.4, -0.2) is 127 Å². The molecule has 0 spiro atoms. The molecular formula is C84H171ClN10O13S5. The Morgan fingerprint density at radius 3 is 1.04 bits per heavy atom. The summed E-state index contributed by atoms with van der Waals surface area (Å²) in [4.78, 5) is 101. The summed E-state index contributed by atoms with van der Waals surface area (Å²) in [6, 6.07) is 5.98. The molecule has 1 aromatic rings. The van der Waals surface area contributed by atoms with E-state index in [1.807, 2.05) is 208 Å². The highest BCUT2D eigenvalue weighted by Gasteiger charge is 2.33. The normalized spacial score (nSPS) is 12.2. The Morgan fingerprint density at radius 2 is 0.965 bits per heavy atom. The number of thiocarbonyl (C=S) groups is 1. The molecule has 0 bridgehead atoms. The number of hydrogen-bond donors (Lipinski definition) is 6. The number of imide groups is 1. The maximum Gasteiger partial charge on any atom is 0.254 e. The Labute approximate surface area is 711 Å². The van der Waals surface area contributed by atoms with Crippen molar-refractivity contribution in [3.05, 3.63) is 48.5 Å².